The van der Waals surface area contributed by atoms with Gasteiger partial charge in [-0.05, 0) is 29.3 Å². The molecular weight excluding hydrogens is 154 g/mol. The third-order valence-corrected chi connectivity index (χ3v) is 1.75. The van der Waals surface area contributed by atoms with Gasteiger partial charge in [0, 0.05) is 0 Å². The van der Waals surface area contributed by atoms with Crippen molar-refractivity contribution in [3.63, 3.8) is 0 Å². The molecule has 0 fully saturated rings. The maximum Gasteiger partial charge on any atom is 0.150 e. The van der Waals surface area contributed by atoms with Crippen LogP contribution >= 0.6 is 0 Å². The number of nitrogens with zero attached hydrogens (tertiary/aromatic N) is 1. The molecule has 0 aliphatic heterocycles. The van der Waals surface area contributed by atoms with Gasteiger partial charge in [-0.25, -0.2) is 0 Å². The molecule has 0 N–H and O–H groups in total. The van der Waals surface area contributed by atoms with Crippen LogP contribution in [0.25, 0.3) is 0 Å². The van der Waals surface area contributed by atoms with E-state index < -0.39 is 0 Å². The van der Waals surface area contributed by atoms with Crippen molar-refractivity contribution >= 4 is 5.69 Å². The summed E-state index contributed by atoms with van der Waals surface area (Å²) in [4.78, 5) is 10.3. The molecule has 0 spiro atoms. The standard InChI is InChI=1S/C9H11NO2/c1-3-7-4-5-9(12-2)8(6-7)10-11/h4-6H,3H2,1-2H3. The first-order chi connectivity index (χ1) is 5.81. The third-order valence-electron chi connectivity index (χ3n) is 1.75. The van der Waals surface area contributed by atoms with E-state index in [1.54, 1.807) is 12.1 Å². The average Bonchev–Trinajstić information content (AvgIpc) is 2.16. The van der Waals surface area contributed by atoms with Crippen LogP contribution in [0.2, 0.25) is 0 Å². The molecule has 0 heterocycles. The van der Waals surface area contributed by atoms with E-state index in [2.05, 4.69) is 5.18 Å². The Hall–Kier alpha value is -1.38. The van der Waals surface area contributed by atoms with E-state index >= 15 is 0 Å². The fourth-order valence-electron chi connectivity index (χ4n) is 1.03. The van der Waals surface area contributed by atoms with Crippen LogP contribution in [-0.4, -0.2) is 7.11 Å². The third kappa shape index (κ3) is 1.61. The molecule has 0 saturated carbocycles. The Labute approximate surface area is 71.3 Å². The zero-order valence-electron chi connectivity index (χ0n) is 7.20. The lowest BCUT2D eigenvalue weighted by Crippen LogP contribution is -1.85. The van der Waals surface area contributed by atoms with Crippen LogP contribution in [-0.2, 0) is 6.42 Å². The topological polar surface area (TPSA) is 38.7 Å². The van der Waals surface area contributed by atoms with Crippen molar-refractivity contribution in [3.8, 4) is 5.75 Å². The molecule has 0 aromatic heterocycles. The van der Waals surface area contributed by atoms with Crippen LogP contribution in [0.15, 0.2) is 23.4 Å². The van der Waals surface area contributed by atoms with Gasteiger partial charge in [0.25, 0.3) is 0 Å². The number of ether oxygens (including phenoxy) is 1. The van der Waals surface area contributed by atoms with E-state index in [0.717, 1.165) is 12.0 Å². The molecule has 0 aliphatic rings. The van der Waals surface area contributed by atoms with Crippen molar-refractivity contribution in [1.29, 1.82) is 0 Å². The molecule has 3 nitrogen and oxygen atoms in total. The van der Waals surface area contributed by atoms with Gasteiger partial charge in [0.05, 0.1) is 7.11 Å². The van der Waals surface area contributed by atoms with Crippen molar-refractivity contribution in [2.24, 2.45) is 5.18 Å². The Balaban J connectivity index is 3.10. The predicted molar refractivity (Wildman–Crippen MR) is 47.8 cm³/mol. The minimum atomic E-state index is 0.372. The largest absolute Gasteiger partial charge is 0.494 e. The summed E-state index contributed by atoms with van der Waals surface area (Å²) in [7, 11) is 1.52. The van der Waals surface area contributed by atoms with E-state index in [4.69, 9.17) is 4.74 Å². The molecule has 0 radical (unpaired) electrons. The van der Waals surface area contributed by atoms with Gasteiger partial charge in [0.15, 0.2) is 0 Å². The van der Waals surface area contributed by atoms with Crippen molar-refractivity contribution in [3.05, 3.63) is 28.7 Å². The van der Waals surface area contributed by atoms with Crippen molar-refractivity contribution in [1.82, 2.24) is 0 Å². The van der Waals surface area contributed by atoms with Crippen LogP contribution in [0.5, 0.6) is 5.75 Å². The van der Waals surface area contributed by atoms with Gasteiger partial charge in [-0.3, -0.25) is 0 Å². The Morgan fingerprint density at radius 2 is 2.25 bits per heavy atom. The van der Waals surface area contributed by atoms with E-state index in [0.29, 0.717) is 11.4 Å². The van der Waals surface area contributed by atoms with E-state index in [1.165, 1.54) is 7.11 Å². The highest BCUT2D eigenvalue weighted by Gasteiger charge is 2.02. The lowest BCUT2D eigenvalue weighted by atomic mass is 10.1. The molecule has 0 bridgehead atoms. The normalized spacial score (nSPS) is 9.50. The summed E-state index contributed by atoms with van der Waals surface area (Å²) < 4.78 is 4.94. The zero-order chi connectivity index (χ0) is 8.97. The Morgan fingerprint density at radius 1 is 1.50 bits per heavy atom. The maximum atomic E-state index is 10.3. The second-order valence-corrected chi connectivity index (χ2v) is 2.45. The zero-order valence-corrected chi connectivity index (χ0v) is 7.20. The first kappa shape index (κ1) is 8.71. The second kappa shape index (κ2) is 3.85. The minimum absolute atomic E-state index is 0.372. The van der Waals surface area contributed by atoms with Crippen molar-refractivity contribution < 1.29 is 4.74 Å². The fraction of sp³-hybridized carbons (Fsp3) is 0.333. The van der Waals surface area contributed by atoms with Crippen molar-refractivity contribution in [2.75, 3.05) is 7.11 Å². The molecule has 0 saturated heterocycles. The number of methoxy groups -OCH3 is 1. The van der Waals surface area contributed by atoms with Gasteiger partial charge < -0.3 is 4.74 Å². The number of rotatable bonds is 3. The highest BCUT2D eigenvalue weighted by Crippen LogP contribution is 2.27. The molecule has 12 heavy (non-hydrogen) atoms. The van der Waals surface area contributed by atoms with Gasteiger partial charge in [0.1, 0.15) is 11.4 Å². The summed E-state index contributed by atoms with van der Waals surface area (Å²) in [6.07, 6.45) is 0.895. The number of nitroso groups, excluding NO2 is 1. The highest BCUT2D eigenvalue weighted by atomic mass is 16.5. The monoisotopic (exact) mass is 165 g/mol. The Kier molecular flexibility index (Phi) is 2.80. The van der Waals surface area contributed by atoms with Gasteiger partial charge in [0.2, 0.25) is 0 Å². The van der Waals surface area contributed by atoms with Gasteiger partial charge in [-0.2, -0.15) is 0 Å². The van der Waals surface area contributed by atoms with Crippen LogP contribution in [0.1, 0.15) is 12.5 Å². The first-order valence-corrected chi connectivity index (χ1v) is 3.82. The Bertz CT molecular complexity index is 284. The SMILES string of the molecule is CCc1ccc(OC)c(N=O)c1. The van der Waals surface area contributed by atoms with Gasteiger partial charge >= 0.3 is 0 Å². The van der Waals surface area contributed by atoms with Crippen LogP contribution in [0.3, 0.4) is 0 Å². The molecular formula is C9H11NO2. The lowest BCUT2D eigenvalue weighted by Gasteiger charge is -2.02. The summed E-state index contributed by atoms with van der Waals surface area (Å²) in [6, 6.07) is 5.43. The van der Waals surface area contributed by atoms with E-state index in [9.17, 15) is 4.91 Å². The Morgan fingerprint density at radius 3 is 2.75 bits per heavy atom. The second-order valence-electron chi connectivity index (χ2n) is 2.45. The predicted octanol–water partition coefficient (Wildman–Crippen LogP) is 2.66. The number of aryl methyl sites for hydroxylation is 1. The quantitative estimate of drug-likeness (QED) is 0.646. The summed E-state index contributed by atoms with van der Waals surface area (Å²) in [5.74, 6) is 0.530. The molecule has 3 heteroatoms. The molecule has 0 unspecified atom stereocenters. The van der Waals surface area contributed by atoms with Gasteiger partial charge in [-0.1, -0.05) is 13.0 Å². The summed E-state index contributed by atoms with van der Waals surface area (Å²) in [5, 5.41) is 2.87. The van der Waals surface area contributed by atoms with E-state index in [-0.39, 0.29) is 0 Å². The van der Waals surface area contributed by atoms with E-state index in [1.807, 2.05) is 13.0 Å². The molecule has 0 amide bonds. The minimum Gasteiger partial charge on any atom is -0.494 e. The molecule has 1 rings (SSSR count). The van der Waals surface area contributed by atoms with Crippen molar-refractivity contribution in [2.45, 2.75) is 13.3 Å². The summed E-state index contributed by atoms with van der Waals surface area (Å²) in [5.41, 5.74) is 1.46. The highest BCUT2D eigenvalue weighted by molar-refractivity contribution is 5.53. The maximum absolute atomic E-state index is 10.3. The average molecular weight is 165 g/mol. The summed E-state index contributed by atoms with van der Waals surface area (Å²) >= 11 is 0. The molecule has 1 aromatic carbocycles. The molecule has 0 atom stereocenters. The molecule has 64 valence electrons. The first-order valence-electron chi connectivity index (χ1n) is 3.82. The van der Waals surface area contributed by atoms with Crippen LogP contribution in [0, 0.1) is 4.91 Å². The summed E-state index contributed by atoms with van der Waals surface area (Å²) in [6.45, 7) is 2.02. The smallest absolute Gasteiger partial charge is 0.150 e. The molecule has 1 aromatic rings. The molecule has 0 aliphatic carbocycles. The van der Waals surface area contributed by atoms with Crippen LogP contribution in [0.4, 0.5) is 5.69 Å². The number of benzene rings is 1. The number of hydrogen-bond donors (Lipinski definition) is 0. The fourth-order valence-corrected chi connectivity index (χ4v) is 1.03. The lowest BCUT2D eigenvalue weighted by molar-refractivity contribution is 0.416. The van der Waals surface area contributed by atoms with Gasteiger partial charge in [-0.15, -0.1) is 4.91 Å². The number of hydrogen-bond acceptors (Lipinski definition) is 3. The van der Waals surface area contributed by atoms with Crippen LogP contribution < -0.4 is 4.74 Å².